The molecule has 1 N–H and O–H groups in total. The molecule has 2 rings (SSSR count). The number of aromatic carboxylic acids is 1. The van der Waals surface area contributed by atoms with Crippen LogP contribution in [0.5, 0.6) is 11.8 Å². The number of aryl methyl sites for hydroxylation is 1. The molecule has 0 saturated heterocycles. The van der Waals surface area contributed by atoms with Crippen molar-refractivity contribution in [1.29, 1.82) is 0 Å². The zero-order valence-corrected chi connectivity index (χ0v) is 9.12. The minimum Gasteiger partial charge on any atom is -0.478 e. The lowest BCUT2D eigenvalue weighted by Gasteiger charge is -2.03. The molecular formula is C12H10N2O3. The fraction of sp³-hybridized carbons (Fsp3) is 0.0833. The number of carboxylic acids is 1. The van der Waals surface area contributed by atoms with Gasteiger partial charge in [0.05, 0.1) is 5.56 Å². The molecule has 2 aromatic rings. The van der Waals surface area contributed by atoms with Crippen molar-refractivity contribution in [2.45, 2.75) is 6.92 Å². The second-order valence-electron chi connectivity index (χ2n) is 3.47. The molecule has 1 heterocycles. The Labute approximate surface area is 97.7 Å². The van der Waals surface area contributed by atoms with Gasteiger partial charge in [0, 0.05) is 12.4 Å². The van der Waals surface area contributed by atoms with Gasteiger partial charge in [-0.3, -0.25) is 0 Å². The highest BCUT2D eigenvalue weighted by Crippen LogP contribution is 2.17. The molecule has 0 amide bonds. The number of ether oxygens (including phenoxy) is 1. The van der Waals surface area contributed by atoms with Gasteiger partial charge in [-0.25, -0.2) is 14.8 Å². The zero-order chi connectivity index (χ0) is 12.3. The molecule has 1 aromatic carbocycles. The summed E-state index contributed by atoms with van der Waals surface area (Å²) in [5, 5.41) is 8.68. The number of aromatic nitrogens is 2. The number of nitrogens with zero attached hydrogens (tertiary/aromatic N) is 2. The number of rotatable bonds is 3. The maximum absolute atomic E-state index is 10.6. The Morgan fingerprint density at radius 2 is 1.76 bits per heavy atom. The van der Waals surface area contributed by atoms with Gasteiger partial charge in [0.1, 0.15) is 5.75 Å². The number of hydrogen-bond donors (Lipinski definition) is 1. The van der Waals surface area contributed by atoms with Crippen molar-refractivity contribution in [3.8, 4) is 11.8 Å². The van der Waals surface area contributed by atoms with Gasteiger partial charge in [-0.15, -0.1) is 0 Å². The Hall–Kier alpha value is -2.43. The van der Waals surface area contributed by atoms with Crippen LogP contribution in [0.4, 0.5) is 0 Å². The molecule has 0 saturated carbocycles. The van der Waals surface area contributed by atoms with E-state index in [1.165, 1.54) is 12.4 Å². The van der Waals surface area contributed by atoms with E-state index in [-0.39, 0.29) is 11.6 Å². The van der Waals surface area contributed by atoms with Gasteiger partial charge in [0.2, 0.25) is 0 Å². The summed E-state index contributed by atoms with van der Waals surface area (Å²) in [6.07, 6.45) is 2.41. The number of hydrogen-bond acceptors (Lipinski definition) is 4. The van der Waals surface area contributed by atoms with E-state index in [1.807, 2.05) is 19.1 Å². The second kappa shape index (κ2) is 4.61. The van der Waals surface area contributed by atoms with E-state index in [4.69, 9.17) is 9.84 Å². The fourth-order valence-electron chi connectivity index (χ4n) is 1.19. The van der Waals surface area contributed by atoms with Gasteiger partial charge in [-0.2, -0.15) is 0 Å². The molecule has 0 spiro atoms. The molecule has 0 aliphatic heterocycles. The maximum Gasteiger partial charge on any atom is 0.338 e. The quantitative estimate of drug-likeness (QED) is 0.875. The summed E-state index contributed by atoms with van der Waals surface area (Å²) in [7, 11) is 0. The Bertz CT molecular complexity index is 520. The summed E-state index contributed by atoms with van der Waals surface area (Å²) in [6, 6.07) is 7.52. The van der Waals surface area contributed by atoms with Crippen LogP contribution in [0.1, 0.15) is 15.9 Å². The van der Waals surface area contributed by atoms with Crippen molar-refractivity contribution in [3.05, 3.63) is 47.8 Å². The smallest absolute Gasteiger partial charge is 0.338 e. The first-order chi connectivity index (χ1) is 8.15. The largest absolute Gasteiger partial charge is 0.478 e. The summed E-state index contributed by atoms with van der Waals surface area (Å²) >= 11 is 0. The lowest BCUT2D eigenvalue weighted by Crippen LogP contribution is -1.99. The highest BCUT2D eigenvalue weighted by Gasteiger charge is 2.05. The van der Waals surface area contributed by atoms with Crippen LogP contribution in [0, 0.1) is 6.92 Å². The van der Waals surface area contributed by atoms with Crippen molar-refractivity contribution in [3.63, 3.8) is 0 Å². The van der Waals surface area contributed by atoms with Gasteiger partial charge in [-0.1, -0.05) is 17.7 Å². The van der Waals surface area contributed by atoms with Gasteiger partial charge in [0.15, 0.2) is 0 Å². The minimum atomic E-state index is -1.06. The van der Waals surface area contributed by atoms with Crippen LogP contribution in [0.3, 0.4) is 0 Å². The lowest BCUT2D eigenvalue weighted by atomic mass is 10.2. The van der Waals surface area contributed by atoms with E-state index in [9.17, 15) is 4.79 Å². The van der Waals surface area contributed by atoms with Crippen LogP contribution in [-0.4, -0.2) is 21.0 Å². The highest BCUT2D eigenvalue weighted by molar-refractivity contribution is 5.86. The maximum atomic E-state index is 10.6. The predicted molar refractivity (Wildman–Crippen MR) is 60.2 cm³/mol. The number of carbonyl (C=O) groups is 1. The third-order valence-corrected chi connectivity index (χ3v) is 2.11. The Balaban J connectivity index is 2.13. The molecule has 5 heteroatoms. The third kappa shape index (κ3) is 2.78. The van der Waals surface area contributed by atoms with Gasteiger partial charge in [0.25, 0.3) is 0 Å². The molecule has 0 aliphatic carbocycles. The first-order valence-electron chi connectivity index (χ1n) is 4.95. The molecule has 5 nitrogen and oxygen atoms in total. The highest BCUT2D eigenvalue weighted by atomic mass is 16.5. The Kier molecular flexibility index (Phi) is 3.00. The molecule has 0 bridgehead atoms. The van der Waals surface area contributed by atoms with Crippen LogP contribution in [-0.2, 0) is 0 Å². The van der Waals surface area contributed by atoms with Crippen LogP contribution in [0.15, 0.2) is 36.7 Å². The van der Waals surface area contributed by atoms with E-state index in [1.54, 1.807) is 12.1 Å². The lowest BCUT2D eigenvalue weighted by molar-refractivity contribution is 0.0696. The van der Waals surface area contributed by atoms with E-state index < -0.39 is 5.97 Å². The Morgan fingerprint density at radius 1 is 1.18 bits per heavy atom. The average molecular weight is 230 g/mol. The molecule has 0 aliphatic rings. The van der Waals surface area contributed by atoms with Crippen LogP contribution in [0.2, 0.25) is 0 Å². The average Bonchev–Trinajstić information content (AvgIpc) is 2.33. The molecule has 0 atom stereocenters. The first kappa shape index (κ1) is 11.1. The van der Waals surface area contributed by atoms with E-state index in [2.05, 4.69) is 9.97 Å². The van der Waals surface area contributed by atoms with Gasteiger partial charge in [-0.05, 0) is 19.1 Å². The van der Waals surface area contributed by atoms with Crippen LogP contribution >= 0.6 is 0 Å². The number of carboxylic acid groups (broad SMARTS) is 1. The van der Waals surface area contributed by atoms with E-state index in [0.717, 1.165) is 5.56 Å². The normalized spacial score (nSPS) is 9.94. The molecule has 17 heavy (non-hydrogen) atoms. The van der Waals surface area contributed by atoms with Crippen molar-refractivity contribution in [2.24, 2.45) is 0 Å². The third-order valence-electron chi connectivity index (χ3n) is 2.11. The molecule has 0 radical (unpaired) electrons. The summed E-state index contributed by atoms with van der Waals surface area (Å²) in [4.78, 5) is 18.2. The minimum absolute atomic E-state index is 0.0289. The summed E-state index contributed by atoms with van der Waals surface area (Å²) in [5.41, 5.74) is 1.15. The molecule has 0 unspecified atom stereocenters. The topological polar surface area (TPSA) is 72.3 Å². The second-order valence-corrected chi connectivity index (χ2v) is 3.47. The summed E-state index contributed by atoms with van der Waals surface area (Å²) in [6.45, 7) is 1.97. The van der Waals surface area contributed by atoms with Crippen molar-refractivity contribution < 1.29 is 14.6 Å². The summed E-state index contributed by atoms with van der Waals surface area (Å²) < 4.78 is 5.35. The van der Waals surface area contributed by atoms with Crippen molar-refractivity contribution >= 4 is 5.97 Å². The van der Waals surface area contributed by atoms with E-state index in [0.29, 0.717) is 5.75 Å². The molecule has 86 valence electrons. The van der Waals surface area contributed by atoms with Gasteiger partial charge < -0.3 is 9.84 Å². The SMILES string of the molecule is Cc1ccc(Oc2ncc(C(=O)O)cn2)cc1. The fourth-order valence-corrected chi connectivity index (χ4v) is 1.19. The molecule has 1 aromatic heterocycles. The monoisotopic (exact) mass is 230 g/mol. The van der Waals surface area contributed by atoms with E-state index >= 15 is 0 Å². The van der Waals surface area contributed by atoms with Crippen molar-refractivity contribution in [1.82, 2.24) is 9.97 Å². The predicted octanol–water partition coefficient (Wildman–Crippen LogP) is 2.28. The Morgan fingerprint density at radius 3 is 2.29 bits per heavy atom. The number of benzene rings is 1. The van der Waals surface area contributed by atoms with Crippen LogP contribution in [0.25, 0.3) is 0 Å². The van der Waals surface area contributed by atoms with Crippen molar-refractivity contribution in [2.75, 3.05) is 0 Å². The van der Waals surface area contributed by atoms with Crippen LogP contribution < -0.4 is 4.74 Å². The van der Waals surface area contributed by atoms with Gasteiger partial charge >= 0.3 is 12.0 Å². The standard InChI is InChI=1S/C12H10N2O3/c1-8-2-4-10(5-3-8)17-12-13-6-9(7-14-12)11(15)16/h2-7H,1H3,(H,15,16). The summed E-state index contributed by atoms with van der Waals surface area (Å²) in [5.74, 6) is -0.453. The zero-order valence-electron chi connectivity index (χ0n) is 9.12. The first-order valence-corrected chi connectivity index (χ1v) is 4.95. The molecular weight excluding hydrogens is 220 g/mol. The molecule has 0 fully saturated rings.